The molecule has 0 saturated heterocycles. The standard InChI is InChI=1S/C20H18O/c1-3-8-17(9-4-1)14-19(16-20-12-7-13-21-20)15-18-10-5-2-6-11-18/h1-13,16H,14-15H2. The van der Waals surface area contributed by atoms with Crippen molar-refractivity contribution in [3.05, 3.63) is 102 Å². The van der Waals surface area contributed by atoms with E-state index in [0.29, 0.717) is 0 Å². The molecule has 2 aromatic carbocycles. The van der Waals surface area contributed by atoms with Gasteiger partial charge in [0.2, 0.25) is 0 Å². The van der Waals surface area contributed by atoms with Crippen molar-refractivity contribution < 1.29 is 4.42 Å². The molecular formula is C20H18O. The summed E-state index contributed by atoms with van der Waals surface area (Å²) in [6, 6.07) is 25.0. The topological polar surface area (TPSA) is 13.1 Å². The van der Waals surface area contributed by atoms with Crippen LogP contribution in [0.4, 0.5) is 0 Å². The first kappa shape index (κ1) is 13.4. The van der Waals surface area contributed by atoms with Crippen LogP contribution in [-0.2, 0) is 12.8 Å². The van der Waals surface area contributed by atoms with Crippen molar-refractivity contribution in [1.29, 1.82) is 0 Å². The van der Waals surface area contributed by atoms with Gasteiger partial charge < -0.3 is 4.42 Å². The molecule has 0 spiro atoms. The monoisotopic (exact) mass is 274 g/mol. The molecule has 0 saturated carbocycles. The van der Waals surface area contributed by atoms with Crippen LogP contribution in [0.25, 0.3) is 6.08 Å². The Bertz CT molecular complexity index is 636. The van der Waals surface area contributed by atoms with Crippen molar-refractivity contribution in [1.82, 2.24) is 0 Å². The third-order valence-corrected chi connectivity index (χ3v) is 3.44. The van der Waals surface area contributed by atoms with Crippen molar-refractivity contribution >= 4 is 6.08 Å². The normalized spacial score (nSPS) is 10.3. The summed E-state index contributed by atoms with van der Waals surface area (Å²) in [5.74, 6) is 0.914. The molecule has 1 aromatic heterocycles. The average molecular weight is 274 g/mol. The molecule has 0 unspecified atom stereocenters. The Morgan fingerprint density at radius 1 is 0.714 bits per heavy atom. The minimum atomic E-state index is 0.914. The molecule has 21 heavy (non-hydrogen) atoms. The zero-order chi connectivity index (χ0) is 14.3. The lowest BCUT2D eigenvalue weighted by atomic mass is 9.97. The van der Waals surface area contributed by atoms with Gasteiger partial charge in [-0.2, -0.15) is 0 Å². The SMILES string of the molecule is C(=C(Cc1ccccc1)Cc1ccccc1)c1ccco1. The van der Waals surface area contributed by atoms with Crippen LogP contribution in [0.2, 0.25) is 0 Å². The summed E-state index contributed by atoms with van der Waals surface area (Å²) < 4.78 is 5.46. The molecule has 1 nitrogen and oxygen atoms in total. The maximum absolute atomic E-state index is 5.46. The van der Waals surface area contributed by atoms with E-state index in [2.05, 4.69) is 66.7 Å². The second-order valence-corrected chi connectivity index (χ2v) is 5.14. The molecule has 3 aromatic rings. The quantitative estimate of drug-likeness (QED) is 0.627. The van der Waals surface area contributed by atoms with Gasteiger partial charge in [-0.15, -0.1) is 0 Å². The van der Waals surface area contributed by atoms with E-state index in [0.717, 1.165) is 18.6 Å². The van der Waals surface area contributed by atoms with E-state index in [4.69, 9.17) is 4.42 Å². The predicted molar refractivity (Wildman–Crippen MR) is 87.0 cm³/mol. The van der Waals surface area contributed by atoms with Crippen molar-refractivity contribution in [2.45, 2.75) is 12.8 Å². The van der Waals surface area contributed by atoms with Crippen LogP contribution in [0.1, 0.15) is 16.9 Å². The van der Waals surface area contributed by atoms with E-state index in [-0.39, 0.29) is 0 Å². The van der Waals surface area contributed by atoms with Gasteiger partial charge in [0.15, 0.2) is 0 Å². The smallest absolute Gasteiger partial charge is 0.126 e. The van der Waals surface area contributed by atoms with Crippen LogP contribution in [0.3, 0.4) is 0 Å². The number of hydrogen-bond donors (Lipinski definition) is 0. The zero-order valence-corrected chi connectivity index (χ0v) is 11.9. The maximum atomic E-state index is 5.46. The molecule has 0 atom stereocenters. The van der Waals surface area contributed by atoms with Crippen LogP contribution in [0, 0.1) is 0 Å². The largest absolute Gasteiger partial charge is 0.465 e. The third-order valence-electron chi connectivity index (χ3n) is 3.44. The number of hydrogen-bond acceptors (Lipinski definition) is 1. The fraction of sp³-hybridized carbons (Fsp3) is 0.100. The number of allylic oxidation sites excluding steroid dienone is 1. The van der Waals surface area contributed by atoms with Gasteiger partial charge in [-0.1, -0.05) is 66.2 Å². The van der Waals surface area contributed by atoms with Crippen molar-refractivity contribution in [3.8, 4) is 0 Å². The van der Waals surface area contributed by atoms with E-state index < -0.39 is 0 Å². The summed E-state index contributed by atoms with van der Waals surface area (Å²) in [4.78, 5) is 0. The number of rotatable bonds is 5. The summed E-state index contributed by atoms with van der Waals surface area (Å²) in [5.41, 5.74) is 4.00. The second kappa shape index (κ2) is 6.76. The highest BCUT2D eigenvalue weighted by Crippen LogP contribution is 2.17. The third kappa shape index (κ3) is 3.96. The second-order valence-electron chi connectivity index (χ2n) is 5.14. The fourth-order valence-corrected chi connectivity index (χ4v) is 2.46. The van der Waals surface area contributed by atoms with Crippen molar-refractivity contribution in [3.63, 3.8) is 0 Å². The summed E-state index contributed by atoms with van der Waals surface area (Å²) in [7, 11) is 0. The van der Waals surface area contributed by atoms with Gasteiger partial charge in [0.1, 0.15) is 5.76 Å². The lowest BCUT2D eigenvalue weighted by Gasteiger charge is -2.08. The van der Waals surface area contributed by atoms with Crippen LogP contribution in [0.15, 0.2) is 89.0 Å². The molecule has 0 radical (unpaired) electrons. The molecule has 0 aliphatic carbocycles. The fourth-order valence-electron chi connectivity index (χ4n) is 2.46. The van der Waals surface area contributed by atoms with Gasteiger partial charge in [0.05, 0.1) is 6.26 Å². The Morgan fingerprint density at radius 2 is 1.29 bits per heavy atom. The first-order chi connectivity index (χ1) is 10.4. The van der Waals surface area contributed by atoms with E-state index in [1.54, 1.807) is 6.26 Å². The highest BCUT2D eigenvalue weighted by atomic mass is 16.3. The molecule has 0 amide bonds. The summed E-state index contributed by atoms with van der Waals surface area (Å²) >= 11 is 0. The van der Waals surface area contributed by atoms with E-state index >= 15 is 0 Å². The first-order valence-corrected chi connectivity index (χ1v) is 7.21. The van der Waals surface area contributed by atoms with E-state index in [1.807, 2.05) is 12.1 Å². The van der Waals surface area contributed by atoms with Gasteiger partial charge in [-0.3, -0.25) is 0 Å². The first-order valence-electron chi connectivity index (χ1n) is 7.21. The Morgan fingerprint density at radius 3 is 1.76 bits per heavy atom. The van der Waals surface area contributed by atoms with Gasteiger partial charge in [-0.05, 0) is 42.2 Å². The van der Waals surface area contributed by atoms with Crippen LogP contribution in [0.5, 0.6) is 0 Å². The van der Waals surface area contributed by atoms with Gasteiger partial charge in [0, 0.05) is 0 Å². The van der Waals surface area contributed by atoms with Gasteiger partial charge >= 0.3 is 0 Å². The highest BCUT2D eigenvalue weighted by Gasteiger charge is 2.03. The average Bonchev–Trinajstić information content (AvgIpc) is 3.02. The lowest BCUT2D eigenvalue weighted by molar-refractivity contribution is 0.556. The summed E-state index contributed by atoms with van der Waals surface area (Å²) in [5, 5.41) is 0. The molecule has 1 heterocycles. The Kier molecular flexibility index (Phi) is 4.33. The molecular weight excluding hydrogens is 256 g/mol. The van der Waals surface area contributed by atoms with Gasteiger partial charge in [-0.25, -0.2) is 0 Å². The molecule has 0 aliphatic heterocycles. The van der Waals surface area contributed by atoms with E-state index in [9.17, 15) is 0 Å². The molecule has 1 heteroatoms. The number of benzene rings is 2. The van der Waals surface area contributed by atoms with Gasteiger partial charge in [0.25, 0.3) is 0 Å². The van der Waals surface area contributed by atoms with Crippen molar-refractivity contribution in [2.75, 3.05) is 0 Å². The number of furan rings is 1. The van der Waals surface area contributed by atoms with Crippen LogP contribution >= 0.6 is 0 Å². The minimum absolute atomic E-state index is 0.914. The maximum Gasteiger partial charge on any atom is 0.126 e. The molecule has 0 fully saturated rings. The predicted octanol–water partition coefficient (Wildman–Crippen LogP) is 5.15. The molecule has 0 N–H and O–H groups in total. The Hall–Kier alpha value is -2.54. The minimum Gasteiger partial charge on any atom is -0.465 e. The summed E-state index contributed by atoms with van der Waals surface area (Å²) in [6.07, 6.45) is 5.75. The molecule has 0 aliphatic rings. The molecule has 3 rings (SSSR count). The van der Waals surface area contributed by atoms with Crippen LogP contribution < -0.4 is 0 Å². The molecule has 0 bridgehead atoms. The lowest BCUT2D eigenvalue weighted by Crippen LogP contribution is -1.95. The van der Waals surface area contributed by atoms with E-state index in [1.165, 1.54) is 16.7 Å². The highest BCUT2D eigenvalue weighted by molar-refractivity contribution is 5.50. The van der Waals surface area contributed by atoms with Crippen LogP contribution in [-0.4, -0.2) is 0 Å². The van der Waals surface area contributed by atoms with Crippen molar-refractivity contribution in [2.24, 2.45) is 0 Å². The molecule has 104 valence electrons. The Labute approximate surface area is 125 Å². The zero-order valence-electron chi connectivity index (χ0n) is 11.9. The Balaban J connectivity index is 1.84. The summed E-state index contributed by atoms with van der Waals surface area (Å²) in [6.45, 7) is 0.